The Bertz CT molecular complexity index is 1670. The van der Waals surface area contributed by atoms with Crippen LogP contribution in [0, 0.1) is 0 Å². The quantitative estimate of drug-likeness (QED) is 0.234. The molecule has 0 atom stereocenters. The van der Waals surface area contributed by atoms with Crippen LogP contribution in [0.15, 0.2) is 121 Å². The number of para-hydroxylation sites is 1. The van der Waals surface area contributed by atoms with Crippen LogP contribution in [0.5, 0.6) is 0 Å². The molecular weight excluding hydrogens is 472 g/mol. The third kappa shape index (κ3) is 4.57. The Hall–Kier alpha value is -4.43. The van der Waals surface area contributed by atoms with Crippen LogP contribution in [-0.2, 0) is 12.8 Å². The molecular formula is C37H32N2. The van der Waals surface area contributed by atoms with Gasteiger partial charge >= 0.3 is 0 Å². The molecule has 0 saturated carbocycles. The molecule has 0 spiro atoms. The van der Waals surface area contributed by atoms with Crippen molar-refractivity contribution in [3.8, 4) is 39.3 Å². The highest BCUT2D eigenvalue weighted by Crippen LogP contribution is 2.35. The van der Waals surface area contributed by atoms with Gasteiger partial charge in [-0.25, -0.2) is 4.98 Å². The second kappa shape index (κ2) is 10.4. The maximum Gasteiger partial charge on any atom is 0.0715 e. The highest BCUT2D eigenvalue weighted by Gasteiger charge is 2.19. The molecule has 2 nitrogen and oxygen atoms in total. The molecule has 2 heteroatoms. The number of rotatable bonds is 4. The minimum absolute atomic E-state index is 0.994. The highest BCUT2D eigenvalue weighted by molar-refractivity contribution is 5.88. The van der Waals surface area contributed by atoms with Crippen molar-refractivity contribution in [2.75, 3.05) is 0 Å². The van der Waals surface area contributed by atoms with E-state index in [0.29, 0.717) is 0 Å². The maximum absolute atomic E-state index is 5.05. The first kappa shape index (κ1) is 23.7. The first-order valence-corrected chi connectivity index (χ1v) is 14.2. The second-order valence-corrected chi connectivity index (χ2v) is 10.6. The third-order valence-corrected chi connectivity index (χ3v) is 8.10. The van der Waals surface area contributed by atoms with E-state index in [2.05, 4.69) is 126 Å². The summed E-state index contributed by atoms with van der Waals surface area (Å²) in [5.41, 5.74) is 12.3. The van der Waals surface area contributed by atoms with Gasteiger partial charge in [0.1, 0.15) is 0 Å². The van der Waals surface area contributed by atoms with Crippen LogP contribution in [0.25, 0.3) is 50.2 Å². The number of benzene rings is 4. The van der Waals surface area contributed by atoms with Crippen molar-refractivity contribution in [3.63, 3.8) is 0 Å². The van der Waals surface area contributed by atoms with Crippen LogP contribution < -0.4 is 0 Å². The number of hydrogen-bond acceptors (Lipinski definition) is 1. The van der Waals surface area contributed by atoms with Crippen molar-refractivity contribution in [2.24, 2.45) is 0 Å². The lowest BCUT2D eigenvalue weighted by atomic mass is 9.96. The highest BCUT2D eigenvalue weighted by atomic mass is 15.0. The van der Waals surface area contributed by atoms with Gasteiger partial charge < -0.3 is 4.57 Å². The molecule has 1 aliphatic carbocycles. The molecule has 7 rings (SSSR count). The van der Waals surface area contributed by atoms with E-state index in [9.17, 15) is 0 Å². The molecule has 0 saturated heterocycles. The lowest BCUT2D eigenvalue weighted by Crippen LogP contribution is -2.05. The van der Waals surface area contributed by atoms with Crippen LogP contribution in [-0.4, -0.2) is 9.55 Å². The summed E-state index contributed by atoms with van der Waals surface area (Å²) in [6.07, 6.45) is 7.56. The zero-order valence-electron chi connectivity index (χ0n) is 22.2. The molecule has 0 fully saturated rings. The van der Waals surface area contributed by atoms with Crippen LogP contribution in [0.4, 0.5) is 0 Å². The fourth-order valence-corrected chi connectivity index (χ4v) is 6.16. The van der Waals surface area contributed by atoms with Gasteiger partial charge in [0.25, 0.3) is 0 Å². The average molecular weight is 505 g/mol. The van der Waals surface area contributed by atoms with E-state index >= 15 is 0 Å². The molecule has 0 N–H and O–H groups in total. The van der Waals surface area contributed by atoms with Crippen molar-refractivity contribution in [2.45, 2.75) is 38.5 Å². The predicted molar refractivity (Wildman–Crippen MR) is 163 cm³/mol. The number of aryl methyl sites for hydroxylation is 1. The fraction of sp³-hybridized carbons (Fsp3) is 0.162. The van der Waals surface area contributed by atoms with Gasteiger partial charge in [0.15, 0.2) is 0 Å². The molecule has 2 aromatic heterocycles. The van der Waals surface area contributed by atoms with E-state index in [0.717, 1.165) is 28.9 Å². The van der Waals surface area contributed by atoms with E-state index in [4.69, 9.17) is 4.98 Å². The van der Waals surface area contributed by atoms with E-state index < -0.39 is 0 Å². The molecule has 0 amide bonds. The summed E-state index contributed by atoms with van der Waals surface area (Å²) in [5.74, 6) is 0. The topological polar surface area (TPSA) is 17.8 Å². The van der Waals surface area contributed by atoms with Gasteiger partial charge in [-0.15, -0.1) is 0 Å². The zero-order chi connectivity index (χ0) is 26.0. The Morgan fingerprint density at radius 2 is 1.08 bits per heavy atom. The summed E-state index contributed by atoms with van der Waals surface area (Å²) in [5, 5.41) is 1.42. The molecule has 4 aromatic carbocycles. The SMILES string of the molecule is c1ccc(-c2cc(-c3ccc(-n4c5c(c6ccccc64)CCCCCC5)cc3)cc(-c3ccccc3)n2)cc1. The molecule has 6 aromatic rings. The van der Waals surface area contributed by atoms with E-state index in [1.807, 2.05) is 0 Å². The van der Waals surface area contributed by atoms with Crippen LogP contribution in [0.1, 0.15) is 36.9 Å². The molecule has 0 aliphatic heterocycles. The standard InChI is InChI=1S/C37H32N2/c1-2-10-19-36-32(17-9-1)33-18-11-12-20-37(33)39(36)31-23-21-27(22-24-31)30-25-34(28-13-5-3-6-14-28)38-35(26-30)29-15-7-4-8-16-29/h3-8,11-16,18,20-26H,1-2,9-10,17,19H2. The largest absolute Gasteiger partial charge is 0.313 e. The average Bonchev–Trinajstić information content (AvgIpc) is 3.29. The van der Waals surface area contributed by atoms with Crippen molar-refractivity contribution in [1.82, 2.24) is 9.55 Å². The first-order valence-electron chi connectivity index (χ1n) is 14.2. The number of pyridine rings is 1. The summed E-state index contributed by atoms with van der Waals surface area (Å²) < 4.78 is 2.52. The van der Waals surface area contributed by atoms with Crippen LogP contribution in [0.2, 0.25) is 0 Å². The maximum atomic E-state index is 5.05. The Morgan fingerprint density at radius 3 is 1.74 bits per heavy atom. The lowest BCUT2D eigenvalue weighted by Gasteiger charge is -2.16. The Balaban J connectivity index is 1.33. The van der Waals surface area contributed by atoms with Crippen LogP contribution >= 0.6 is 0 Å². The van der Waals surface area contributed by atoms with Gasteiger partial charge in [-0.2, -0.15) is 0 Å². The molecule has 0 unspecified atom stereocenters. The minimum Gasteiger partial charge on any atom is -0.313 e. The predicted octanol–water partition coefficient (Wildman–Crippen LogP) is 9.69. The molecule has 190 valence electrons. The van der Waals surface area contributed by atoms with Gasteiger partial charge in [0, 0.05) is 27.9 Å². The molecule has 2 heterocycles. The van der Waals surface area contributed by atoms with Crippen molar-refractivity contribution < 1.29 is 0 Å². The third-order valence-electron chi connectivity index (χ3n) is 8.10. The lowest BCUT2D eigenvalue weighted by molar-refractivity contribution is 0.608. The Kier molecular flexibility index (Phi) is 6.30. The van der Waals surface area contributed by atoms with Crippen molar-refractivity contribution in [3.05, 3.63) is 133 Å². The van der Waals surface area contributed by atoms with Crippen molar-refractivity contribution in [1.29, 1.82) is 0 Å². The second-order valence-electron chi connectivity index (χ2n) is 10.6. The zero-order valence-corrected chi connectivity index (χ0v) is 22.2. The summed E-state index contributed by atoms with van der Waals surface area (Å²) >= 11 is 0. The summed E-state index contributed by atoms with van der Waals surface area (Å²) in [6.45, 7) is 0. The van der Waals surface area contributed by atoms with Gasteiger partial charge in [0.05, 0.1) is 16.9 Å². The molecule has 39 heavy (non-hydrogen) atoms. The van der Waals surface area contributed by atoms with E-state index in [1.165, 1.54) is 65.5 Å². The Morgan fingerprint density at radius 1 is 0.487 bits per heavy atom. The minimum atomic E-state index is 0.994. The van der Waals surface area contributed by atoms with Gasteiger partial charge in [-0.05, 0) is 72.7 Å². The van der Waals surface area contributed by atoms with Crippen molar-refractivity contribution >= 4 is 10.9 Å². The van der Waals surface area contributed by atoms with Gasteiger partial charge in [-0.3, -0.25) is 0 Å². The fourth-order valence-electron chi connectivity index (χ4n) is 6.16. The monoisotopic (exact) mass is 504 g/mol. The first-order chi connectivity index (χ1) is 19.3. The molecule has 1 aliphatic rings. The number of nitrogens with zero attached hydrogens (tertiary/aromatic N) is 2. The molecule has 0 radical (unpaired) electrons. The molecule has 0 bridgehead atoms. The Labute approximate surface area is 230 Å². The number of fused-ring (bicyclic) bond motifs is 3. The number of hydrogen-bond donors (Lipinski definition) is 0. The normalized spacial score (nSPS) is 13.5. The van der Waals surface area contributed by atoms with Crippen LogP contribution in [0.3, 0.4) is 0 Å². The van der Waals surface area contributed by atoms with E-state index in [1.54, 1.807) is 5.56 Å². The summed E-state index contributed by atoms with van der Waals surface area (Å²) in [4.78, 5) is 5.05. The van der Waals surface area contributed by atoms with E-state index in [-0.39, 0.29) is 0 Å². The van der Waals surface area contributed by atoms with Gasteiger partial charge in [-0.1, -0.05) is 104 Å². The summed E-state index contributed by atoms with van der Waals surface area (Å²) in [6, 6.07) is 43.5. The number of aromatic nitrogens is 2. The summed E-state index contributed by atoms with van der Waals surface area (Å²) in [7, 11) is 0. The van der Waals surface area contributed by atoms with Gasteiger partial charge in [0.2, 0.25) is 0 Å². The smallest absolute Gasteiger partial charge is 0.0715 e.